The largest absolute Gasteiger partial charge is 0.515 e. The van der Waals surface area contributed by atoms with Crippen LogP contribution in [0, 0.1) is 11.8 Å². The molecule has 47 heavy (non-hydrogen) atoms. The minimum Gasteiger partial charge on any atom is -0.515 e. The maximum Gasteiger partial charge on any atom is 0.351 e. The molecule has 242 valence electrons. The third-order valence-electron chi connectivity index (χ3n) is 9.75. The van der Waals surface area contributed by atoms with Crippen molar-refractivity contribution in [2.45, 2.75) is 52.6 Å². The number of rotatable bonds is 6. The zero-order chi connectivity index (χ0) is 33.9. The Balaban J connectivity index is 1.70. The molecule has 11 heteroatoms. The Hall–Kier alpha value is -5.16. The van der Waals surface area contributed by atoms with Crippen LogP contribution in [0.4, 0.5) is 0 Å². The van der Waals surface area contributed by atoms with Gasteiger partial charge in [-0.2, -0.15) is 0 Å². The maximum atomic E-state index is 14.1. The molecule has 0 aromatic heterocycles. The highest BCUT2D eigenvalue weighted by Crippen LogP contribution is 2.49. The van der Waals surface area contributed by atoms with Gasteiger partial charge in [-0.05, 0) is 61.6 Å². The summed E-state index contributed by atoms with van der Waals surface area (Å²) in [5.74, 6) is -3.11. The zero-order valence-corrected chi connectivity index (χ0v) is 27.1. The van der Waals surface area contributed by atoms with Gasteiger partial charge in [-0.1, -0.05) is 26.5 Å². The van der Waals surface area contributed by atoms with E-state index in [0.717, 1.165) is 30.1 Å². The second-order valence-electron chi connectivity index (χ2n) is 12.1. The van der Waals surface area contributed by atoms with Gasteiger partial charge in [0.25, 0.3) is 5.60 Å². The number of hydrogen-bond acceptors (Lipinski definition) is 11. The van der Waals surface area contributed by atoms with Crippen molar-refractivity contribution in [2.75, 3.05) is 14.2 Å². The van der Waals surface area contributed by atoms with Crippen LogP contribution in [-0.4, -0.2) is 64.9 Å². The third kappa shape index (κ3) is 4.59. The van der Waals surface area contributed by atoms with Crippen molar-refractivity contribution in [3.8, 4) is 0 Å². The number of hydrogen-bond donors (Lipinski definition) is 3. The van der Waals surface area contributed by atoms with Crippen LogP contribution in [0.25, 0.3) is 0 Å². The highest BCUT2D eigenvalue weighted by Gasteiger charge is 2.62. The number of fused-ring (bicyclic) bond motifs is 5. The molecule has 6 rings (SSSR count). The average molecular weight is 637 g/mol. The monoisotopic (exact) mass is 636 g/mol. The van der Waals surface area contributed by atoms with E-state index in [1.807, 2.05) is 32.9 Å². The van der Waals surface area contributed by atoms with E-state index in [2.05, 4.69) is 11.9 Å². The normalized spacial score (nSPS) is 27.1. The van der Waals surface area contributed by atoms with Crippen molar-refractivity contribution in [2.24, 2.45) is 26.8 Å². The molecule has 1 aliphatic carbocycles. The van der Waals surface area contributed by atoms with Gasteiger partial charge < -0.3 is 25.0 Å². The summed E-state index contributed by atoms with van der Waals surface area (Å²) in [6, 6.07) is 0. The second kappa shape index (κ2) is 11.6. The summed E-state index contributed by atoms with van der Waals surface area (Å²) < 4.78 is 9.93. The number of nitrogens with zero attached hydrogens (tertiary/aromatic N) is 3. The second-order valence-corrected chi connectivity index (χ2v) is 12.1. The predicted molar refractivity (Wildman–Crippen MR) is 176 cm³/mol. The van der Waals surface area contributed by atoms with Gasteiger partial charge in [0.15, 0.2) is 0 Å². The number of aliphatic hydroxyl groups is 2. The molecule has 3 atom stereocenters. The number of ketones is 1. The lowest BCUT2D eigenvalue weighted by Crippen LogP contribution is -2.47. The number of ether oxygens (including phenoxy) is 2. The van der Waals surface area contributed by atoms with Crippen LogP contribution in [0.2, 0.25) is 0 Å². The average Bonchev–Trinajstić information content (AvgIpc) is 3.79. The Morgan fingerprint density at radius 1 is 1.06 bits per heavy atom. The number of aliphatic hydroxyl groups excluding tert-OH is 1. The summed E-state index contributed by atoms with van der Waals surface area (Å²) in [7, 11) is 2.42. The minimum absolute atomic E-state index is 0.00597. The molecule has 0 aromatic rings. The molecule has 1 saturated carbocycles. The highest BCUT2D eigenvalue weighted by atomic mass is 16.5. The quantitative estimate of drug-likeness (QED) is 0.219. The van der Waals surface area contributed by atoms with Crippen LogP contribution < -0.4 is 5.32 Å². The topological polar surface area (TPSA) is 159 Å². The SMILES string of the molecule is C=CC1=C(C)C2=NC1=CC1=NC(=C(CC)C1=CO)C=C1N=C3C(=C1C)C(=O)[C@](O)(C(=O)OC)C3=C1NC(=C2)[C@@H](C)[C@@H]1CCC(=O)OC. The Kier molecular flexibility index (Phi) is 7.83. The lowest BCUT2D eigenvalue weighted by atomic mass is 9.83. The molecule has 2 fully saturated rings. The Labute approximate surface area is 272 Å². The van der Waals surface area contributed by atoms with Gasteiger partial charge in [-0.3, -0.25) is 9.59 Å². The summed E-state index contributed by atoms with van der Waals surface area (Å²) in [5.41, 5.74) is 4.83. The fraction of sp³-hybridized carbons (Fsp3) is 0.333. The van der Waals surface area contributed by atoms with E-state index in [1.54, 1.807) is 19.1 Å². The number of carbonyl (C=O) groups excluding carboxylic acids is 3. The maximum absolute atomic E-state index is 14.1. The molecular weight excluding hydrogens is 600 g/mol. The van der Waals surface area contributed by atoms with Crippen LogP contribution in [0.1, 0.15) is 47.0 Å². The first-order valence-electron chi connectivity index (χ1n) is 15.4. The van der Waals surface area contributed by atoms with E-state index in [9.17, 15) is 24.6 Å². The Morgan fingerprint density at radius 3 is 2.45 bits per heavy atom. The fourth-order valence-electron chi connectivity index (χ4n) is 7.12. The van der Waals surface area contributed by atoms with E-state index in [0.29, 0.717) is 63.9 Å². The van der Waals surface area contributed by atoms with Gasteiger partial charge >= 0.3 is 11.9 Å². The number of methoxy groups -OCH3 is 2. The standard InChI is InChI=1S/C36H36N4O7/c1-8-19-16(3)23-12-24-17(4)21(10-11-29(42)46-6)32(39-24)31-33-30(34(43)36(31,45)35(44)47-7)18(5)25(40-33)13-27-20(9-2)22(15-41)28(38-27)14-26(19)37-23/h8,12-15,17,21,39,41,45H,1,9-11H2,2-7H3/t17-,21-,36-/m0/s1. The van der Waals surface area contributed by atoms with Crippen LogP contribution in [0.5, 0.6) is 0 Å². The van der Waals surface area contributed by atoms with Crippen molar-refractivity contribution in [1.82, 2.24) is 5.32 Å². The van der Waals surface area contributed by atoms with E-state index in [4.69, 9.17) is 24.5 Å². The summed E-state index contributed by atoms with van der Waals surface area (Å²) in [5, 5.41) is 25.8. The lowest BCUT2D eigenvalue weighted by molar-refractivity contribution is -0.161. The van der Waals surface area contributed by atoms with Gasteiger partial charge in [0.1, 0.15) is 0 Å². The van der Waals surface area contributed by atoms with Crippen molar-refractivity contribution >= 4 is 34.9 Å². The Bertz CT molecular complexity index is 1940. The highest BCUT2D eigenvalue weighted by molar-refractivity contribution is 6.46. The lowest BCUT2D eigenvalue weighted by Gasteiger charge is -2.24. The first kappa shape index (κ1) is 31.8. The number of allylic oxidation sites excluding steroid dienone is 10. The number of aliphatic imine (C=N–C) groups is 3. The van der Waals surface area contributed by atoms with E-state index in [1.165, 1.54) is 7.11 Å². The molecule has 8 bridgehead atoms. The smallest absolute Gasteiger partial charge is 0.351 e. The molecule has 0 radical (unpaired) electrons. The third-order valence-corrected chi connectivity index (χ3v) is 9.75. The molecule has 0 spiro atoms. The van der Waals surface area contributed by atoms with E-state index in [-0.39, 0.29) is 29.2 Å². The van der Waals surface area contributed by atoms with Crippen molar-refractivity contribution in [3.63, 3.8) is 0 Å². The fourth-order valence-corrected chi connectivity index (χ4v) is 7.12. The molecular formula is C36H36N4O7. The zero-order valence-electron chi connectivity index (χ0n) is 27.1. The first-order chi connectivity index (χ1) is 22.4. The van der Waals surface area contributed by atoms with E-state index >= 15 is 0 Å². The summed E-state index contributed by atoms with van der Waals surface area (Å²) in [4.78, 5) is 54.4. The number of carbonyl (C=O) groups is 3. The van der Waals surface area contributed by atoms with Crippen molar-refractivity contribution in [1.29, 1.82) is 0 Å². The molecule has 6 aliphatic rings. The van der Waals surface area contributed by atoms with Crippen LogP contribution in [0.15, 0.2) is 120 Å². The molecule has 0 aromatic carbocycles. The molecule has 1 saturated heterocycles. The van der Waals surface area contributed by atoms with Gasteiger partial charge in [-0.25, -0.2) is 19.8 Å². The predicted octanol–water partition coefficient (Wildman–Crippen LogP) is 4.49. The molecule has 5 aliphatic heterocycles. The molecule has 5 heterocycles. The van der Waals surface area contributed by atoms with Gasteiger partial charge in [0.05, 0.1) is 60.3 Å². The van der Waals surface area contributed by atoms with Crippen LogP contribution in [0.3, 0.4) is 0 Å². The van der Waals surface area contributed by atoms with Gasteiger partial charge in [0, 0.05) is 46.4 Å². The Morgan fingerprint density at radius 2 is 1.81 bits per heavy atom. The molecule has 3 N–H and O–H groups in total. The summed E-state index contributed by atoms with van der Waals surface area (Å²) in [6.45, 7) is 11.6. The van der Waals surface area contributed by atoms with Crippen LogP contribution >= 0.6 is 0 Å². The van der Waals surface area contributed by atoms with Gasteiger partial charge in [-0.15, -0.1) is 0 Å². The van der Waals surface area contributed by atoms with Crippen LogP contribution in [-0.2, 0) is 23.9 Å². The molecule has 0 unspecified atom stereocenters. The van der Waals surface area contributed by atoms with Gasteiger partial charge in [0.2, 0.25) is 5.78 Å². The summed E-state index contributed by atoms with van der Waals surface area (Å²) >= 11 is 0. The molecule has 11 nitrogen and oxygen atoms in total. The van der Waals surface area contributed by atoms with Crippen molar-refractivity contribution < 1.29 is 34.1 Å². The van der Waals surface area contributed by atoms with Crippen molar-refractivity contribution in [3.05, 3.63) is 105 Å². The number of esters is 2. The number of Topliss-reactive ketones (excluding diaryl/α,β-unsaturated/α-hetero) is 1. The molecule has 0 amide bonds. The number of nitrogens with one attached hydrogen (secondary N) is 1. The first-order valence-corrected chi connectivity index (χ1v) is 15.4. The summed E-state index contributed by atoms with van der Waals surface area (Å²) in [6.07, 6.45) is 9.08. The minimum atomic E-state index is -2.67. The van der Waals surface area contributed by atoms with E-state index < -0.39 is 29.2 Å².